The lowest BCUT2D eigenvalue weighted by Crippen LogP contribution is -2.48. The number of aryl methyl sites for hydroxylation is 1. The van der Waals surface area contributed by atoms with Gasteiger partial charge in [0.2, 0.25) is 0 Å². The van der Waals surface area contributed by atoms with E-state index in [1.165, 1.54) is 4.70 Å². The average Bonchev–Trinajstić information content (AvgIpc) is 3.06. The number of hydrogen-bond donors (Lipinski definition) is 2. The Morgan fingerprint density at radius 2 is 2.15 bits per heavy atom. The van der Waals surface area contributed by atoms with Crippen molar-refractivity contribution in [3.63, 3.8) is 0 Å². The molecule has 134 valence electrons. The molecule has 4 rings (SSSR count). The van der Waals surface area contributed by atoms with Crippen LogP contribution in [-0.4, -0.2) is 35.0 Å². The number of nitrogens with zero attached hydrogens (tertiary/aromatic N) is 2. The van der Waals surface area contributed by atoms with Crippen LogP contribution in [0, 0.1) is 6.92 Å². The number of rotatable bonds is 3. The van der Waals surface area contributed by atoms with Gasteiger partial charge in [0.1, 0.15) is 5.56 Å². The number of amides is 1. The van der Waals surface area contributed by atoms with Crippen molar-refractivity contribution in [3.8, 4) is 0 Å². The topological polar surface area (TPSA) is 78.1 Å². The highest BCUT2D eigenvalue weighted by molar-refractivity contribution is 7.22. The van der Waals surface area contributed by atoms with Crippen molar-refractivity contribution in [1.82, 2.24) is 15.3 Å². The first-order valence-corrected chi connectivity index (χ1v) is 9.53. The monoisotopic (exact) mass is 368 g/mol. The summed E-state index contributed by atoms with van der Waals surface area (Å²) in [7, 11) is 0. The van der Waals surface area contributed by atoms with Gasteiger partial charge < -0.3 is 15.2 Å². The van der Waals surface area contributed by atoms with Crippen LogP contribution in [0.1, 0.15) is 28.9 Å². The number of piperidine rings is 1. The van der Waals surface area contributed by atoms with Crippen molar-refractivity contribution in [3.05, 3.63) is 58.0 Å². The summed E-state index contributed by atoms with van der Waals surface area (Å²) in [6.45, 7) is 3.42. The molecule has 0 bridgehead atoms. The van der Waals surface area contributed by atoms with E-state index in [-0.39, 0.29) is 23.1 Å². The van der Waals surface area contributed by atoms with Gasteiger partial charge >= 0.3 is 0 Å². The van der Waals surface area contributed by atoms with Gasteiger partial charge in [-0.05, 0) is 44.0 Å². The molecular formula is C19H20N4O2S. The Hall–Kier alpha value is -2.67. The summed E-state index contributed by atoms with van der Waals surface area (Å²) in [5.41, 5.74) is 1.56. The van der Waals surface area contributed by atoms with Crippen molar-refractivity contribution >= 4 is 32.6 Å². The van der Waals surface area contributed by atoms with Crippen LogP contribution in [0.4, 0.5) is 5.13 Å². The summed E-state index contributed by atoms with van der Waals surface area (Å²) in [6.07, 6.45) is 1.88. The summed E-state index contributed by atoms with van der Waals surface area (Å²) < 4.78 is 1.17. The third-order valence-electron chi connectivity index (χ3n) is 4.61. The quantitative estimate of drug-likeness (QED) is 0.745. The van der Waals surface area contributed by atoms with Crippen LogP contribution in [0.5, 0.6) is 0 Å². The van der Waals surface area contributed by atoms with Gasteiger partial charge in [0.25, 0.3) is 11.5 Å². The normalized spacial score (nSPS) is 17.4. The van der Waals surface area contributed by atoms with Crippen molar-refractivity contribution in [2.75, 3.05) is 18.0 Å². The molecule has 0 unspecified atom stereocenters. The van der Waals surface area contributed by atoms with Gasteiger partial charge in [0.15, 0.2) is 5.13 Å². The fourth-order valence-electron chi connectivity index (χ4n) is 3.28. The SMILES string of the molecule is Cc1ccc(C(=O)N[C@H]2CCCN(c3nc4ccccc4s3)C2)c(=O)[nH]1. The van der Waals surface area contributed by atoms with E-state index in [2.05, 4.69) is 21.3 Å². The summed E-state index contributed by atoms with van der Waals surface area (Å²) in [4.78, 5) is 34.0. The number of fused-ring (bicyclic) bond motifs is 1. The maximum absolute atomic E-state index is 12.5. The Labute approximate surface area is 154 Å². The van der Waals surface area contributed by atoms with Gasteiger partial charge in [0, 0.05) is 24.8 Å². The Morgan fingerprint density at radius 1 is 1.31 bits per heavy atom. The molecule has 0 saturated carbocycles. The molecule has 1 aliphatic heterocycles. The zero-order chi connectivity index (χ0) is 18.1. The van der Waals surface area contributed by atoms with Gasteiger partial charge in [0.05, 0.1) is 10.2 Å². The summed E-state index contributed by atoms with van der Waals surface area (Å²) in [6, 6.07) is 11.4. The van der Waals surface area contributed by atoms with Gasteiger partial charge in [-0.1, -0.05) is 23.5 Å². The van der Waals surface area contributed by atoms with E-state index in [0.717, 1.165) is 35.7 Å². The van der Waals surface area contributed by atoms with E-state index < -0.39 is 0 Å². The lowest BCUT2D eigenvalue weighted by Gasteiger charge is -2.32. The van der Waals surface area contributed by atoms with Crippen LogP contribution in [0.2, 0.25) is 0 Å². The number of carbonyl (C=O) groups is 1. The van der Waals surface area contributed by atoms with E-state index >= 15 is 0 Å². The largest absolute Gasteiger partial charge is 0.347 e. The van der Waals surface area contributed by atoms with Crippen LogP contribution in [-0.2, 0) is 0 Å². The molecule has 1 atom stereocenters. The second kappa shape index (κ2) is 6.92. The number of aromatic amines is 1. The van der Waals surface area contributed by atoms with Gasteiger partial charge in [-0.2, -0.15) is 0 Å². The van der Waals surface area contributed by atoms with E-state index in [1.54, 1.807) is 30.4 Å². The summed E-state index contributed by atoms with van der Waals surface area (Å²) >= 11 is 1.67. The first-order valence-electron chi connectivity index (χ1n) is 8.71. The zero-order valence-corrected chi connectivity index (χ0v) is 15.3. The van der Waals surface area contributed by atoms with Crippen LogP contribution in [0.15, 0.2) is 41.2 Å². The zero-order valence-electron chi connectivity index (χ0n) is 14.5. The number of hydrogen-bond acceptors (Lipinski definition) is 5. The second-order valence-electron chi connectivity index (χ2n) is 6.61. The fourth-order valence-corrected chi connectivity index (χ4v) is 4.28. The Bertz CT molecular complexity index is 977. The van der Waals surface area contributed by atoms with E-state index in [1.807, 2.05) is 18.2 Å². The highest BCUT2D eigenvalue weighted by Crippen LogP contribution is 2.30. The fraction of sp³-hybridized carbons (Fsp3) is 0.316. The molecule has 3 heterocycles. The van der Waals surface area contributed by atoms with Crippen molar-refractivity contribution in [2.45, 2.75) is 25.8 Å². The van der Waals surface area contributed by atoms with Gasteiger partial charge in [-0.15, -0.1) is 0 Å². The maximum atomic E-state index is 12.5. The van der Waals surface area contributed by atoms with Crippen molar-refractivity contribution in [2.24, 2.45) is 0 Å². The van der Waals surface area contributed by atoms with Crippen molar-refractivity contribution < 1.29 is 4.79 Å². The molecule has 2 aromatic heterocycles. The molecule has 0 radical (unpaired) electrons. The number of carbonyl (C=O) groups excluding carboxylic acids is 1. The molecule has 26 heavy (non-hydrogen) atoms. The first kappa shape index (κ1) is 16.8. The van der Waals surface area contributed by atoms with E-state index in [4.69, 9.17) is 4.98 Å². The number of benzene rings is 1. The smallest absolute Gasteiger partial charge is 0.260 e. The first-order chi connectivity index (χ1) is 12.6. The third-order valence-corrected chi connectivity index (χ3v) is 5.71. The van der Waals surface area contributed by atoms with Crippen LogP contribution in [0.25, 0.3) is 10.2 Å². The Kier molecular flexibility index (Phi) is 4.46. The number of nitrogens with one attached hydrogen (secondary N) is 2. The molecule has 1 fully saturated rings. The van der Waals surface area contributed by atoms with Gasteiger partial charge in [-0.3, -0.25) is 9.59 Å². The predicted octanol–water partition coefficient (Wildman–Crippen LogP) is 2.69. The molecule has 1 amide bonds. The second-order valence-corrected chi connectivity index (χ2v) is 7.62. The van der Waals surface area contributed by atoms with E-state index in [9.17, 15) is 9.59 Å². The number of pyridine rings is 1. The lowest BCUT2D eigenvalue weighted by molar-refractivity contribution is 0.0931. The molecular weight excluding hydrogens is 348 g/mol. The lowest BCUT2D eigenvalue weighted by atomic mass is 10.1. The molecule has 0 aliphatic carbocycles. The molecule has 1 aliphatic rings. The Balaban J connectivity index is 1.48. The number of para-hydroxylation sites is 1. The molecule has 1 saturated heterocycles. The molecule has 7 heteroatoms. The Morgan fingerprint density at radius 3 is 2.96 bits per heavy atom. The van der Waals surface area contributed by atoms with Crippen molar-refractivity contribution in [1.29, 1.82) is 0 Å². The van der Waals surface area contributed by atoms with Crippen LogP contribution in [0.3, 0.4) is 0 Å². The average molecular weight is 368 g/mol. The molecule has 2 N–H and O–H groups in total. The standard InChI is InChI=1S/C19H20N4O2S/c1-12-8-9-14(17(24)20-12)18(25)21-13-5-4-10-23(11-13)19-22-15-6-2-3-7-16(15)26-19/h2-3,6-9,13H,4-5,10-11H2,1H3,(H,20,24)(H,21,25)/t13-/m0/s1. The number of aromatic nitrogens is 2. The number of thiazole rings is 1. The highest BCUT2D eigenvalue weighted by atomic mass is 32.1. The highest BCUT2D eigenvalue weighted by Gasteiger charge is 2.24. The summed E-state index contributed by atoms with van der Waals surface area (Å²) in [5, 5.41) is 3.99. The number of H-pyrrole nitrogens is 1. The number of anilines is 1. The molecule has 1 aromatic carbocycles. The minimum Gasteiger partial charge on any atom is -0.347 e. The summed E-state index contributed by atoms with van der Waals surface area (Å²) in [5.74, 6) is -0.317. The van der Waals surface area contributed by atoms with Crippen LogP contribution < -0.4 is 15.8 Å². The van der Waals surface area contributed by atoms with E-state index in [0.29, 0.717) is 6.54 Å². The maximum Gasteiger partial charge on any atom is 0.260 e. The molecule has 3 aromatic rings. The molecule has 6 nitrogen and oxygen atoms in total. The minimum absolute atomic E-state index is 0.00367. The predicted molar refractivity (Wildman–Crippen MR) is 104 cm³/mol. The minimum atomic E-state index is -0.346. The third kappa shape index (κ3) is 3.35. The van der Waals surface area contributed by atoms with Crippen LogP contribution >= 0.6 is 11.3 Å². The molecule has 0 spiro atoms. The van der Waals surface area contributed by atoms with Gasteiger partial charge in [-0.25, -0.2) is 4.98 Å².